The molecule has 0 saturated carbocycles. The largest absolute Gasteiger partial charge is 0.380 e. The van der Waals surface area contributed by atoms with Crippen LogP contribution in [0.3, 0.4) is 0 Å². The molecule has 0 aromatic heterocycles. The topological polar surface area (TPSA) is 36.9 Å². The average molecular weight is 322 g/mol. The van der Waals surface area contributed by atoms with Crippen LogP contribution in [-0.2, 0) is 4.74 Å². The molecule has 0 bridgehead atoms. The van der Waals surface area contributed by atoms with Crippen molar-refractivity contribution in [1.29, 1.82) is 0 Å². The number of rotatable bonds is 5. The van der Waals surface area contributed by atoms with Crippen LogP contribution in [0.5, 0.6) is 0 Å². The maximum atomic E-state index is 5.30. The molecule has 23 heavy (non-hydrogen) atoms. The number of aliphatic imine (C=N–C) groups is 1. The molecule has 1 fully saturated rings. The van der Waals surface area contributed by atoms with Crippen LogP contribution < -0.4 is 5.32 Å². The van der Waals surface area contributed by atoms with E-state index in [1.54, 1.807) is 7.11 Å². The van der Waals surface area contributed by atoms with Crippen LogP contribution in [-0.4, -0.2) is 50.6 Å². The number of ether oxygens (including phenoxy) is 1. The summed E-state index contributed by atoms with van der Waals surface area (Å²) >= 11 is 0. The van der Waals surface area contributed by atoms with Gasteiger partial charge in [0.15, 0.2) is 0 Å². The van der Waals surface area contributed by atoms with Crippen LogP contribution in [0, 0.1) is 0 Å². The first-order valence-electron chi connectivity index (χ1n) is 8.71. The molecule has 1 heterocycles. The van der Waals surface area contributed by atoms with Crippen molar-refractivity contribution in [3.8, 4) is 0 Å². The Labute approximate surface area is 143 Å². The van der Waals surface area contributed by atoms with Crippen molar-refractivity contribution in [2.24, 2.45) is 4.99 Å². The molecule has 1 aliphatic rings. The van der Waals surface area contributed by atoms with Crippen LogP contribution in [0.25, 0.3) is 0 Å². The highest BCUT2D eigenvalue weighted by atomic mass is 16.5. The normalized spacial score (nSPS) is 17.8. The monoisotopic (exact) mass is 321 g/mol. The molecule has 0 aromatic carbocycles. The molecule has 0 atom stereocenters. The second-order valence-corrected chi connectivity index (χ2v) is 5.15. The van der Waals surface area contributed by atoms with Crippen molar-refractivity contribution in [2.75, 3.05) is 39.9 Å². The van der Waals surface area contributed by atoms with E-state index in [0.29, 0.717) is 6.61 Å². The van der Waals surface area contributed by atoms with E-state index in [2.05, 4.69) is 29.3 Å². The summed E-state index contributed by atoms with van der Waals surface area (Å²) in [5, 5.41) is 3.44. The third-order valence-corrected chi connectivity index (χ3v) is 3.38. The van der Waals surface area contributed by atoms with Crippen molar-refractivity contribution < 1.29 is 4.74 Å². The van der Waals surface area contributed by atoms with Gasteiger partial charge in [-0.3, -0.25) is 0 Å². The average Bonchev–Trinajstić information content (AvgIpc) is 2.85. The van der Waals surface area contributed by atoms with Gasteiger partial charge in [0, 0.05) is 38.5 Å². The lowest BCUT2D eigenvalue weighted by Gasteiger charge is -2.26. The van der Waals surface area contributed by atoms with Gasteiger partial charge in [-0.2, -0.15) is 0 Å². The molecule has 1 saturated heterocycles. The summed E-state index contributed by atoms with van der Waals surface area (Å²) < 4.78 is 5.30. The molecule has 0 spiro atoms. The second-order valence-electron chi connectivity index (χ2n) is 5.15. The molecular weight excluding hydrogens is 286 g/mol. The summed E-state index contributed by atoms with van der Waals surface area (Å²) in [6.07, 6.45) is 9.18. The zero-order valence-corrected chi connectivity index (χ0v) is 15.9. The molecule has 0 aromatic rings. The van der Waals surface area contributed by atoms with Crippen molar-refractivity contribution in [3.63, 3.8) is 0 Å². The first kappa shape index (κ1) is 21.6. The fourth-order valence-electron chi connectivity index (χ4n) is 2.39. The smallest absolute Gasteiger partial charge is 0.135 e. The highest BCUT2D eigenvalue weighted by molar-refractivity contribution is 6.01. The first-order chi connectivity index (χ1) is 11.2. The van der Waals surface area contributed by atoms with Crippen molar-refractivity contribution in [1.82, 2.24) is 10.2 Å². The maximum Gasteiger partial charge on any atom is 0.135 e. The minimum Gasteiger partial charge on any atom is -0.380 e. The molecule has 1 N–H and O–H groups in total. The second kappa shape index (κ2) is 14.2. The van der Waals surface area contributed by atoms with Gasteiger partial charge in [0.1, 0.15) is 5.84 Å². The Bertz CT molecular complexity index is 414. The van der Waals surface area contributed by atoms with E-state index in [0.717, 1.165) is 38.4 Å². The summed E-state index contributed by atoms with van der Waals surface area (Å²) in [6, 6.07) is 0. The number of hydrogen-bond acceptors (Lipinski definition) is 3. The lowest BCUT2D eigenvalue weighted by molar-refractivity contribution is 0.225. The van der Waals surface area contributed by atoms with Crippen LogP contribution in [0.2, 0.25) is 0 Å². The SMILES string of the molecule is CC.C\C=C/N=C(C(\C=C/C)=C(/C)COC)/N1CCCNCC1. The third-order valence-electron chi connectivity index (χ3n) is 3.38. The summed E-state index contributed by atoms with van der Waals surface area (Å²) in [5.74, 6) is 1.05. The van der Waals surface area contributed by atoms with Gasteiger partial charge in [-0.05, 0) is 39.3 Å². The molecule has 4 nitrogen and oxygen atoms in total. The molecule has 1 rings (SSSR count). The van der Waals surface area contributed by atoms with Gasteiger partial charge in [-0.25, -0.2) is 4.99 Å². The molecule has 0 aliphatic carbocycles. The molecule has 0 amide bonds. The zero-order valence-electron chi connectivity index (χ0n) is 15.9. The lowest BCUT2D eigenvalue weighted by Crippen LogP contribution is -2.35. The third kappa shape index (κ3) is 8.14. The minimum absolute atomic E-state index is 0.626. The summed E-state index contributed by atoms with van der Waals surface area (Å²) in [6.45, 7) is 14.9. The van der Waals surface area contributed by atoms with Gasteiger partial charge in [0.25, 0.3) is 0 Å². The quantitative estimate of drug-likeness (QED) is 0.476. The van der Waals surface area contributed by atoms with Crippen molar-refractivity contribution in [3.05, 3.63) is 35.6 Å². The number of methoxy groups -OCH3 is 1. The summed E-state index contributed by atoms with van der Waals surface area (Å²) in [7, 11) is 1.73. The Kier molecular flexibility index (Phi) is 13.4. The molecule has 0 radical (unpaired) electrons. The number of allylic oxidation sites excluding steroid dienone is 2. The fourth-order valence-corrected chi connectivity index (χ4v) is 2.39. The molecule has 4 heteroatoms. The summed E-state index contributed by atoms with van der Waals surface area (Å²) in [5.41, 5.74) is 2.37. The number of nitrogens with zero attached hydrogens (tertiary/aromatic N) is 2. The molecule has 1 aliphatic heterocycles. The van der Waals surface area contributed by atoms with E-state index < -0.39 is 0 Å². The number of amidine groups is 1. The Morgan fingerprint density at radius 2 is 1.91 bits per heavy atom. The Morgan fingerprint density at radius 3 is 2.52 bits per heavy atom. The predicted molar refractivity (Wildman–Crippen MR) is 102 cm³/mol. The van der Waals surface area contributed by atoms with E-state index in [1.807, 2.05) is 40.0 Å². The van der Waals surface area contributed by atoms with E-state index in [-0.39, 0.29) is 0 Å². The molecular formula is C19H35N3O. The van der Waals surface area contributed by atoms with Gasteiger partial charge in [-0.15, -0.1) is 0 Å². The van der Waals surface area contributed by atoms with E-state index in [9.17, 15) is 0 Å². The van der Waals surface area contributed by atoms with E-state index in [1.165, 1.54) is 11.1 Å². The van der Waals surface area contributed by atoms with Crippen molar-refractivity contribution in [2.45, 2.75) is 41.0 Å². The first-order valence-corrected chi connectivity index (χ1v) is 8.71. The standard InChI is InChI=1S/C17H29N3O.C2H6/c1-5-8-16(15(3)14-21-4)17(19-9-6-2)20-12-7-10-18-11-13-20;1-2/h5-6,8-9,18H,7,10-14H2,1-4H3;1-2H3/b8-5-,9-6-,16-15+,19-17+;. The molecule has 132 valence electrons. The zero-order chi connectivity index (χ0) is 17.5. The van der Waals surface area contributed by atoms with Gasteiger partial charge >= 0.3 is 0 Å². The number of nitrogens with one attached hydrogen (secondary N) is 1. The van der Waals surface area contributed by atoms with Gasteiger partial charge in [0.2, 0.25) is 0 Å². The molecule has 0 unspecified atom stereocenters. The van der Waals surface area contributed by atoms with E-state index in [4.69, 9.17) is 9.73 Å². The van der Waals surface area contributed by atoms with Gasteiger partial charge in [0.05, 0.1) is 6.61 Å². The van der Waals surface area contributed by atoms with Gasteiger partial charge in [-0.1, -0.05) is 32.1 Å². The highest BCUT2D eigenvalue weighted by Gasteiger charge is 2.17. The highest BCUT2D eigenvalue weighted by Crippen LogP contribution is 2.14. The Balaban J connectivity index is 0.00000232. The van der Waals surface area contributed by atoms with Crippen LogP contribution >= 0.6 is 0 Å². The van der Waals surface area contributed by atoms with Crippen LogP contribution in [0.15, 0.2) is 40.6 Å². The van der Waals surface area contributed by atoms with Gasteiger partial charge < -0.3 is 15.0 Å². The lowest BCUT2D eigenvalue weighted by atomic mass is 10.1. The van der Waals surface area contributed by atoms with Crippen LogP contribution in [0.1, 0.15) is 41.0 Å². The maximum absolute atomic E-state index is 5.30. The Morgan fingerprint density at radius 1 is 1.17 bits per heavy atom. The predicted octanol–water partition coefficient (Wildman–Crippen LogP) is 3.78. The van der Waals surface area contributed by atoms with Crippen molar-refractivity contribution >= 4 is 5.84 Å². The number of hydrogen-bond donors (Lipinski definition) is 1. The van der Waals surface area contributed by atoms with Crippen LogP contribution in [0.4, 0.5) is 0 Å². The summed E-state index contributed by atoms with van der Waals surface area (Å²) in [4.78, 5) is 7.07. The minimum atomic E-state index is 0.626. The Hall–Kier alpha value is -1.39. The fraction of sp³-hybridized carbons (Fsp3) is 0.632. The van der Waals surface area contributed by atoms with E-state index >= 15 is 0 Å².